The lowest BCUT2D eigenvalue weighted by molar-refractivity contribution is 0.376. The summed E-state index contributed by atoms with van der Waals surface area (Å²) in [5.74, 6) is 0.485. The topological polar surface area (TPSA) is 80.9 Å². The number of hydrogen-bond donors (Lipinski definition) is 1. The number of nitrogens with zero attached hydrogens (tertiary/aromatic N) is 2. The van der Waals surface area contributed by atoms with Crippen LogP contribution in [0.5, 0.6) is 0 Å². The zero-order valence-electron chi connectivity index (χ0n) is 10.7. The molecule has 0 atom stereocenters. The molecule has 2 heterocycles. The van der Waals surface area contributed by atoms with E-state index in [1.54, 1.807) is 6.07 Å². The predicted octanol–water partition coefficient (Wildman–Crippen LogP) is 1.89. The first kappa shape index (κ1) is 13.4. The zero-order chi connectivity index (χ0) is 14.8. The van der Waals surface area contributed by atoms with Gasteiger partial charge in [0.15, 0.2) is 5.76 Å². The molecule has 0 amide bonds. The molecule has 106 valence electrons. The van der Waals surface area contributed by atoms with E-state index in [9.17, 15) is 9.59 Å². The molecule has 0 fully saturated rings. The average molecular weight is 304 g/mol. The van der Waals surface area contributed by atoms with Gasteiger partial charge in [-0.05, 0) is 0 Å². The van der Waals surface area contributed by atoms with Crippen LogP contribution in [0.2, 0.25) is 5.02 Å². The Labute approximate surface area is 123 Å². The van der Waals surface area contributed by atoms with E-state index in [1.165, 1.54) is 10.8 Å². The van der Waals surface area contributed by atoms with Gasteiger partial charge in [0.2, 0.25) is 0 Å². The largest absolute Gasteiger partial charge is 0.359 e. The molecule has 0 bridgehead atoms. The van der Waals surface area contributed by atoms with Crippen molar-refractivity contribution in [2.45, 2.75) is 6.54 Å². The van der Waals surface area contributed by atoms with Crippen LogP contribution < -0.4 is 11.2 Å². The van der Waals surface area contributed by atoms with Gasteiger partial charge < -0.3 is 4.52 Å². The van der Waals surface area contributed by atoms with Gasteiger partial charge in [-0.2, -0.15) is 0 Å². The summed E-state index contributed by atoms with van der Waals surface area (Å²) in [6.07, 6.45) is 1.27. The van der Waals surface area contributed by atoms with E-state index < -0.39 is 11.2 Å². The molecule has 3 aromatic rings. The molecule has 0 aliphatic rings. The van der Waals surface area contributed by atoms with Crippen molar-refractivity contribution in [3.63, 3.8) is 0 Å². The summed E-state index contributed by atoms with van der Waals surface area (Å²) in [6, 6.07) is 11.3. The maximum Gasteiger partial charge on any atom is 0.328 e. The highest BCUT2D eigenvalue weighted by Gasteiger charge is 2.09. The SMILES string of the molecule is O=c1[nH]c(=O)n(Cc2cc(-c3ccccc3)no2)cc1Cl. The first-order valence-corrected chi connectivity index (χ1v) is 6.51. The lowest BCUT2D eigenvalue weighted by Gasteiger charge is -2.01. The Kier molecular flexibility index (Phi) is 3.45. The standard InChI is InChI=1S/C14H10ClN3O3/c15-11-8-18(14(20)16-13(11)19)7-10-6-12(17-21-10)9-4-2-1-3-5-9/h1-6,8H,7H2,(H,16,19,20). The normalized spacial score (nSPS) is 10.7. The van der Waals surface area contributed by atoms with Gasteiger partial charge in [-0.15, -0.1) is 0 Å². The van der Waals surface area contributed by atoms with E-state index in [2.05, 4.69) is 10.1 Å². The molecule has 3 rings (SSSR count). The van der Waals surface area contributed by atoms with Crippen LogP contribution in [0.1, 0.15) is 5.76 Å². The lowest BCUT2D eigenvalue weighted by atomic mass is 10.1. The summed E-state index contributed by atoms with van der Waals surface area (Å²) in [4.78, 5) is 25.0. The van der Waals surface area contributed by atoms with Gasteiger partial charge in [-0.1, -0.05) is 47.1 Å². The van der Waals surface area contributed by atoms with Gasteiger partial charge in [0.1, 0.15) is 10.7 Å². The quantitative estimate of drug-likeness (QED) is 0.801. The number of benzene rings is 1. The van der Waals surface area contributed by atoms with Crippen LogP contribution in [0.3, 0.4) is 0 Å². The van der Waals surface area contributed by atoms with Crippen LogP contribution in [-0.4, -0.2) is 14.7 Å². The molecule has 6 nitrogen and oxygen atoms in total. The Morgan fingerprint density at radius 2 is 2.00 bits per heavy atom. The molecule has 0 saturated heterocycles. The summed E-state index contributed by atoms with van der Waals surface area (Å²) >= 11 is 5.70. The fraction of sp³-hybridized carbons (Fsp3) is 0.0714. The van der Waals surface area contributed by atoms with Crippen molar-refractivity contribution in [3.8, 4) is 11.3 Å². The first-order chi connectivity index (χ1) is 10.1. The number of hydrogen-bond acceptors (Lipinski definition) is 4. The first-order valence-electron chi connectivity index (χ1n) is 6.14. The van der Waals surface area contributed by atoms with E-state index in [0.29, 0.717) is 11.5 Å². The number of aromatic amines is 1. The van der Waals surface area contributed by atoms with E-state index in [0.717, 1.165) is 5.56 Å². The second kappa shape index (κ2) is 5.41. The van der Waals surface area contributed by atoms with Gasteiger partial charge in [0.25, 0.3) is 5.56 Å². The summed E-state index contributed by atoms with van der Waals surface area (Å²) in [6.45, 7) is 0.134. The fourth-order valence-electron chi connectivity index (χ4n) is 1.90. The summed E-state index contributed by atoms with van der Waals surface area (Å²) in [5.41, 5.74) is 0.427. The molecule has 0 aliphatic carbocycles. The molecule has 2 aromatic heterocycles. The molecule has 1 N–H and O–H groups in total. The van der Waals surface area contributed by atoms with E-state index in [1.807, 2.05) is 30.3 Å². The van der Waals surface area contributed by atoms with Crippen LogP contribution >= 0.6 is 11.6 Å². The molecule has 0 radical (unpaired) electrons. The lowest BCUT2D eigenvalue weighted by Crippen LogP contribution is -2.29. The van der Waals surface area contributed by atoms with E-state index >= 15 is 0 Å². The van der Waals surface area contributed by atoms with Gasteiger partial charge in [0, 0.05) is 17.8 Å². The van der Waals surface area contributed by atoms with Crippen molar-refractivity contribution in [2.75, 3.05) is 0 Å². The van der Waals surface area contributed by atoms with E-state index in [4.69, 9.17) is 16.1 Å². The number of aromatic nitrogens is 3. The number of nitrogens with one attached hydrogen (secondary N) is 1. The molecular weight excluding hydrogens is 294 g/mol. The van der Waals surface area contributed by atoms with Crippen molar-refractivity contribution < 1.29 is 4.52 Å². The summed E-state index contributed by atoms with van der Waals surface area (Å²) in [5, 5.41) is 3.90. The third-order valence-corrected chi connectivity index (χ3v) is 3.19. The molecular formula is C14H10ClN3O3. The number of rotatable bonds is 3. The monoisotopic (exact) mass is 303 g/mol. The van der Waals surface area contributed by atoms with Crippen LogP contribution in [0.4, 0.5) is 0 Å². The van der Waals surface area contributed by atoms with Gasteiger partial charge in [-0.3, -0.25) is 14.3 Å². The Balaban J connectivity index is 1.90. The van der Waals surface area contributed by atoms with Crippen molar-refractivity contribution in [1.82, 2.24) is 14.7 Å². The second-order valence-electron chi connectivity index (χ2n) is 4.41. The van der Waals surface area contributed by atoms with Crippen molar-refractivity contribution in [3.05, 3.63) is 74.2 Å². The zero-order valence-corrected chi connectivity index (χ0v) is 11.5. The maximum absolute atomic E-state index is 11.7. The molecule has 0 spiro atoms. The van der Waals surface area contributed by atoms with Crippen molar-refractivity contribution in [2.24, 2.45) is 0 Å². The predicted molar refractivity (Wildman–Crippen MR) is 77.4 cm³/mol. The molecule has 7 heteroatoms. The second-order valence-corrected chi connectivity index (χ2v) is 4.82. The molecule has 21 heavy (non-hydrogen) atoms. The van der Waals surface area contributed by atoms with Gasteiger partial charge in [0.05, 0.1) is 6.54 Å². The summed E-state index contributed by atoms with van der Waals surface area (Å²) < 4.78 is 6.45. The smallest absolute Gasteiger partial charge is 0.328 e. The molecule has 1 aromatic carbocycles. The minimum atomic E-state index is -0.611. The van der Waals surface area contributed by atoms with Gasteiger partial charge in [-0.25, -0.2) is 4.79 Å². The average Bonchev–Trinajstić information content (AvgIpc) is 2.94. The molecule has 0 unspecified atom stereocenters. The van der Waals surface area contributed by atoms with Gasteiger partial charge >= 0.3 is 5.69 Å². The van der Waals surface area contributed by atoms with Crippen LogP contribution in [-0.2, 0) is 6.54 Å². The highest BCUT2D eigenvalue weighted by Crippen LogP contribution is 2.18. The highest BCUT2D eigenvalue weighted by atomic mass is 35.5. The Morgan fingerprint density at radius 1 is 1.24 bits per heavy atom. The summed E-state index contributed by atoms with van der Waals surface area (Å²) in [7, 11) is 0. The third kappa shape index (κ3) is 2.80. The van der Waals surface area contributed by atoms with Crippen LogP contribution in [0.25, 0.3) is 11.3 Å². The minimum Gasteiger partial charge on any atom is -0.359 e. The van der Waals surface area contributed by atoms with Crippen molar-refractivity contribution in [1.29, 1.82) is 0 Å². The van der Waals surface area contributed by atoms with Crippen molar-refractivity contribution >= 4 is 11.6 Å². The number of halogens is 1. The maximum atomic E-state index is 11.7. The Bertz CT molecular complexity index is 880. The fourth-order valence-corrected chi connectivity index (χ4v) is 2.07. The highest BCUT2D eigenvalue weighted by molar-refractivity contribution is 6.30. The Hall–Kier alpha value is -2.60. The number of H-pyrrole nitrogens is 1. The minimum absolute atomic E-state index is 0.0580. The van der Waals surface area contributed by atoms with Crippen LogP contribution in [0, 0.1) is 0 Å². The molecule has 0 aliphatic heterocycles. The van der Waals surface area contributed by atoms with Crippen LogP contribution in [0.15, 0.2) is 56.7 Å². The third-order valence-electron chi connectivity index (χ3n) is 2.92. The molecule has 0 saturated carbocycles. The Morgan fingerprint density at radius 3 is 2.76 bits per heavy atom. The van der Waals surface area contributed by atoms with E-state index in [-0.39, 0.29) is 11.6 Å².